The molecule has 0 saturated heterocycles. The second kappa shape index (κ2) is 28.4. The Morgan fingerprint density at radius 1 is 0.529 bits per heavy atom. The maximum atomic E-state index is 12.4. The van der Waals surface area contributed by atoms with Crippen molar-refractivity contribution in [2.24, 2.45) is 35.0 Å². The maximum absolute atomic E-state index is 12.4. The lowest BCUT2D eigenvalue weighted by molar-refractivity contribution is -0.151. The van der Waals surface area contributed by atoms with Crippen molar-refractivity contribution in [2.75, 3.05) is 20.6 Å². The largest absolute Gasteiger partial charge is 0.462 e. The van der Waals surface area contributed by atoms with Crippen molar-refractivity contribution in [1.29, 1.82) is 0 Å². The molecular formula is C46H89NO4. The van der Waals surface area contributed by atoms with E-state index in [0.29, 0.717) is 41.9 Å². The van der Waals surface area contributed by atoms with E-state index in [9.17, 15) is 9.59 Å². The molecule has 2 unspecified atom stereocenters. The molecule has 1 aliphatic carbocycles. The second-order valence-electron chi connectivity index (χ2n) is 18.9. The zero-order valence-electron chi connectivity index (χ0n) is 36.0. The van der Waals surface area contributed by atoms with Gasteiger partial charge < -0.3 is 14.4 Å². The summed E-state index contributed by atoms with van der Waals surface area (Å²) in [5.41, 5.74) is 0.625. The summed E-state index contributed by atoms with van der Waals surface area (Å²) in [4.78, 5) is 27.2. The van der Waals surface area contributed by atoms with Crippen LogP contribution in [0.5, 0.6) is 0 Å². The topological polar surface area (TPSA) is 55.8 Å². The predicted octanol–water partition coefficient (Wildman–Crippen LogP) is 13.4. The molecule has 5 heteroatoms. The lowest BCUT2D eigenvalue weighted by atomic mass is 9.89. The quantitative estimate of drug-likeness (QED) is 0.0489. The number of carbonyl (C=O) groups is 2. The van der Waals surface area contributed by atoms with Crippen LogP contribution < -0.4 is 0 Å². The van der Waals surface area contributed by atoms with E-state index in [4.69, 9.17) is 9.47 Å². The van der Waals surface area contributed by atoms with E-state index < -0.39 is 0 Å². The first-order valence-electron chi connectivity index (χ1n) is 22.3. The molecule has 1 fully saturated rings. The van der Waals surface area contributed by atoms with Crippen molar-refractivity contribution in [1.82, 2.24) is 4.90 Å². The molecule has 302 valence electrons. The number of hydrogen-bond acceptors (Lipinski definition) is 5. The third-order valence-corrected chi connectivity index (χ3v) is 11.2. The minimum atomic E-state index is 0.0118. The van der Waals surface area contributed by atoms with Crippen LogP contribution in [-0.4, -0.2) is 49.7 Å². The third kappa shape index (κ3) is 26.3. The van der Waals surface area contributed by atoms with Gasteiger partial charge in [-0.2, -0.15) is 0 Å². The van der Waals surface area contributed by atoms with Crippen LogP contribution in [0.3, 0.4) is 0 Å². The summed E-state index contributed by atoms with van der Waals surface area (Å²) in [6.07, 6.45) is 29.9. The van der Waals surface area contributed by atoms with Crippen molar-refractivity contribution < 1.29 is 19.1 Å². The number of carbonyl (C=O) groups excluding carboxylic acids is 2. The zero-order valence-corrected chi connectivity index (χ0v) is 36.0. The van der Waals surface area contributed by atoms with Gasteiger partial charge in [-0.1, -0.05) is 139 Å². The van der Waals surface area contributed by atoms with Gasteiger partial charge in [0.05, 0.1) is 0 Å². The molecule has 0 bridgehead atoms. The van der Waals surface area contributed by atoms with Crippen LogP contribution >= 0.6 is 0 Å². The maximum Gasteiger partial charge on any atom is 0.306 e. The van der Waals surface area contributed by atoms with E-state index in [1.54, 1.807) is 0 Å². The highest BCUT2D eigenvalue weighted by atomic mass is 16.5. The Morgan fingerprint density at radius 2 is 0.882 bits per heavy atom. The lowest BCUT2D eigenvalue weighted by Gasteiger charge is -2.21. The molecule has 0 heterocycles. The molecule has 5 nitrogen and oxygen atoms in total. The number of hydrogen-bond donors (Lipinski definition) is 0. The second-order valence-corrected chi connectivity index (χ2v) is 18.9. The monoisotopic (exact) mass is 720 g/mol. The summed E-state index contributed by atoms with van der Waals surface area (Å²) < 4.78 is 11.7. The van der Waals surface area contributed by atoms with E-state index in [-0.39, 0.29) is 24.1 Å². The molecule has 51 heavy (non-hydrogen) atoms. The van der Waals surface area contributed by atoms with Crippen molar-refractivity contribution in [3.63, 3.8) is 0 Å². The highest BCUT2D eigenvalue weighted by Crippen LogP contribution is 2.61. The van der Waals surface area contributed by atoms with Gasteiger partial charge in [-0.05, 0) is 120 Å². The number of nitrogens with zero attached hydrogens (tertiary/aromatic N) is 1. The summed E-state index contributed by atoms with van der Waals surface area (Å²) in [6, 6.07) is 0. The molecule has 2 atom stereocenters. The average molecular weight is 720 g/mol. The Balaban J connectivity index is 2.13. The number of esters is 2. The van der Waals surface area contributed by atoms with Gasteiger partial charge in [-0.25, -0.2) is 0 Å². The average Bonchev–Trinajstić information content (AvgIpc) is 3.71. The SMILES string of the molecule is CC(C)CC(CC(C)C)OC(=O)CCCCCCCCCCC1(CCN(C)C)CC1CCCCCCCCCC(=O)OC(CC(C)C)CC(C)C. The summed E-state index contributed by atoms with van der Waals surface area (Å²) >= 11 is 0. The predicted molar refractivity (Wildman–Crippen MR) is 219 cm³/mol. The Kier molecular flexibility index (Phi) is 26.6. The van der Waals surface area contributed by atoms with Crippen LogP contribution in [0.4, 0.5) is 0 Å². The van der Waals surface area contributed by atoms with Gasteiger partial charge in [-0.15, -0.1) is 0 Å². The Hall–Kier alpha value is -1.10. The molecule has 0 aromatic carbocycles. The molecule has 0 spiro atoms. The molecule has 0 aliphatic heterocycles. The fourth-order valence-corrected chi connectivity index (χ4v) is 8.35. The van der Waals surface area contributed by atoms with E-state index in [1.807, 2.05) is 0 Å². The summed E-state index contributed by atoms with van der Waals surface area (Å²) in [7, 11) is 4.45. The fourth-order valence-electron chi connectivity index (χ4n) is 8.35. The van der Waals surface area contributed by atoms with Gasteiger partial charge in [0.15, 0.2) is 0 Å². The van der Waals surface area contributed by atoms with Crippen LogP contribution in [0.1, 0.15) is 216 Å². The van der Waals surface area contributed by atoms with Gasteiger partial charge in [0.1, 0.15) is 12.2 Å². The van der Waals surface area contributed by atoms with E-state index >= 15 is 0 Å². The molecule has 1 aliphatic rings. The van der Waals surface area contributed by atoms with Crippen molar-refractivity contribution in [3.05, 3.63) is 0 Å². The van der Waals surface area contributed by atoms with Crippen LogP contribution in [-0.2, 0) is 19.1 Å². The molecule has 0 radical (unpaired) electrons. The number of ether oxygens (including phenoxy) is 2. The third-order valence-electron chi connectivity index (χ3n) is 11.2. The standard InChI is InChI=1S/C46H89NO4/c1-37(2)32-42(33-38(3)4)50-44(48)27-23-19-15-11-12-17-21-25-29-46(30-31-47(9)10)36-41(46)26-22-18-14-13-16-20-24-28-45(49)51-43(34-39(5)6)35-40(7)8/h37-43H,11-36H2,1-10H3. The first kappa shape index (κ1) is 47.9. The molecular weight excluding hydrogens is 631 g/mol. The van der Waals surface area contributed by atoms with Crippen LogP contribution in [0.25, 0.3) is 0 Å². The lowest BCUT2D eigenvalue weighted by Crippen LogP contribution is -2.22. The molecule has 1 saturated carbocycles. The zero-order chi connectivity index (χ0) is 38.1. The Bertz CT molecular complexity index is 847. The Morgan fingerprint density at radius 3 is 1.25 bits per heavy atom. The van der Waals surface area contributed by atoms with Crippen LogP contribution in [0, 0.1) is 35.0 Å². The summed E-state index contributed by atoms with van der Waals surface area (Å²) in [5.74, 6) is 3.23. The van der Waals surface area contributed by atoms with Crippen LogP contribution in [0.2, 0.25) is 0 Å². The highest BCUT2D eigenvalue weighted by molar-refractivity contribution is 5.69. The summed E-state index contributed by atoms with van der Waals surface area (Å²) in [5, 5.41) is 0. The van der Waals surface area contributed by atoms with Crippen molar-refractivity contribution in [2.45, 2.75) is 228 Å². The smallest absolute Gasteiger partial charge is 0.306 e. The summed E-state index contributed by atoms with van der Waals surface area (Å²) in [6.45, 7) is 18.9. The van der Waals surface area contributed by atoms with E-state index in [2.05, 4.69) is 74.4 Å². The van der Waals surface area contributed by atoms with Crippen LogP contribution in [0.15, 0.2) is 0 Å². The van der Waals surface area contributed by atoms with E-state index in [0.717, 1.165) is 57.3 Å². The molecule has 0 aromatic heterocycles. The number of rotatable bonds is 34. The van der Waals surface area contributed by atoms with Crippen molar-refractivity contribution in [3.8, 4) is 0 Å². The van der Waals surface area contributed by atoms with Crippen molar-refractivity contribution >= 4 is 11.9 Å². The molecule has 0 N–H and O–H groups in total. The Labute approximate surface area is 318 Å². The highest BCUT2D eigenvalue weighted by Gasteiger charge is 2.51. The van der Waals surface area contributed by atoms with Gasteiger partial charge in [0, 0.05) is 12.8 Å². The molecule has 0 amide bonds. The minimum Gasteiger partial charge on any atom is -0.462 e. The van der Waals surface area contributed by atoms with Gasteiger partial charge in [0.25, 0.3) is 0 Å². The first-order chi connectivity index (χ1) is 24.2. The van der Waals surface area contributed by atoms with Gasteiger partial charge in [0.2, 0.25) is 0 Å². The van der Waals surface area contributed by atoms with E-state index in [1.165, 1.54) is 103 Å². The normalized spacial score (nSPS) is 17.6. The first-order valence-corrected chi connectivity index (χ1v) is 22.3. The number of unbranched alkanes of at least 4 members (excludes halogenated alkanes) is 13. The van der Waals surface area contributed by atoms with Gasteiger partial charge in [-0.3, -0.25) is 9.59 Å². The minimum absolute atomic E-state index is 0.0118. The molecule has 0 aromatic rings. The fraction of sp³-hybridized carbons (Fsp3) is 0.957. The van der Waals surface area contributed by atoms with Gasteiger partial charge >= 0.3 is 11.9 Å². The molecule has 1 rings (SSSR count).